The molecule has 4 aliphatic carbocycles. The van der Waals surface area contributed by atoms with Crippen LogP contribution in [-0.4, -0.2) is 140 Å². The number of fused-ring (bicyclic) bond motifs is 6. The first-order valence-electron chi connectivity index (χ1n) is 32.8. The van der Waals surface area contributed by atoms with Gasteiger partial charge in [0.1, 0.15) is 29.7 Å². The van der Waals surface area contributed by atoms with Gasteiger partial charge in [-0.3, -0.25) is 29.0 Å². The van der Waals surface area contributed by atoms with E-state index in [1.165, 1.54) is 31.5 Å². The van der Waals surface area contributed by atoms with Gasteiger partial charge in [0.25, 0.3) is 11.8 Å². The third-order valence-corrected chi connectivity index (χ3v) is 20.5. The number of esters is 4. The van der Waals surface area contributed by atoms with Crippen LogP contribution in [0.1, 0.15) is 141 Å². The van der Waals surface area contributed by atoms with Crippen LogP contribution in [0.4, 0.5) is 17.2 Å². The second kappa shape index (κ2) is 32.4. The van der Waals surface area contributed by atoms with Crippen LogP contribution in [0.5, 0.6) is 0 Å². The molecule has 2 aliphatic heterocycles. The van der Waals surface area contributed by atoms with Crippen molar-refractivity contribution in [1.82, 2.24) is 27.6 Å². The fraction of sp³-hybridized carbons (Fsp3) is 0.400. The summed E-state index contributed by atoms with van der Waals surface area (Å²) in [5, 5.41) is 70.3. The van der Waals surface area contributed by atoms with Crippen molar-refractivity contribution in [2.75, 3.05) is 29.1 Å². The van der Waals surface area contributed by atoms with E-state index in [0.717, 1.165) is 37.3 Å². The Hall–Kier alpha value is -9.60. The van der Waals surface area contributed by atoms with Crippen LogP contribution in [-0.2, 0) is 85.5 Å². The zero-order valence-corrected chi connectivity index (χ0v) is 60.5. The number of ether oxygens (including phenoxy) is 5. The standard InChI is InChI=1S/C47H51NO14.C22H23N5O.C6H8O4.2H3N.Pt/c1-25-31(60-43(56)36(52)35(28-16-10-7-11-17-28)48-41(54)29-18-12-8-13-19-29)23-47(57)40(61-42(55)30-20-14-9-15-21-30)38-45(6,32(51)22-33-46(38,24-58-33)62-27(3)50)39(53)37(59-26(2)49)34(25)44(47,4)5;1-22(2)14-26-19-12-16(5-6-18(19)22)27-21(28)17-4-3-9-24-20(17)25-13-15-7-10-23-11-8-15;7-4(8)6(5(9)10)2-1-3-6;;;/h7-21,31-33,35-38,40,51-52,57H,22-24H2,1-6H3,(H,48,54);3-12,26H,13-14H2,1-2H3,(H,24,25)(H,27,28);1-3H2,(H,7,8)(H,9,10);2*1H3;/q;;;;;+2/p-2/t31-,32-,33+,35-,36+,37+,38-,40-,45+,46-,47+;;;;;/m0...../s1. The maximum Gasteiger partial charge on any atom is 2.00 e. The van der Waals surface area contributed by atoms with Crippen LogP contribution in [0.15, 0.2) is 163 Å². The summed E-state index contributed by atoms with van der Waals surface area (Å²) in [6.07, 6.45) is -4.43. The molecule has 2 bridgehead atoms. The SMILES string of the molecule is CC(=O)O[C@H]1C(=O)[C@@]2(C)[C@H]([C@H](OC(=O)c3ccccc3)[C@]3(O)C[C@H](OC(=O)[C@H](O)[C@@H](NC(=O)c4ccccc4)c4ccccc4)C(C)=C1C3(C)C)[C@]1(OC(C)=O)CO[C@@H]1C[C@@H]2O.CC1(C)CNc2cc(NC(=O)c3cccnc3NCc3ccncc3)ccc21.N.N.O=C([O-])C1(C(=O)[O-])CCC1.[Pt+2]. The number of carboxylic acid groups (broad SMARTS) is 2. The van der Waals surface area contributed by atoms with Crippen molar-refractivity contribution >= 4 is 70.6 Å². The number of ketones is 1. The van der Waals surface area contributed by atoms with Gasteiger partial charge in [0.15, 0.2) is 23.6 Å². The summed E-state index contributed by atoms with van der Waals surface area (Å²) in [6.45, 7) is 13.9. The van der Waals surface area contributed by atoms with Crippen LogP contribution in [0, 0.1) is 22.2 Å². The molecule has 0 spiro atoms. The van der Waals surface area contributed by atoms with Crippen LogP contribution in [0.3, 0.4) is 0 Å². The minimum Gasteiger partial charge on any atom is -0.549 e. The molecule has 103 heavy (non-hydrogen) atoms. The van der Waals surface area contributed by atoms with Crippen LogP contribution in [0.25, 0.3) is 0 Å². The zero-order valence-electron chi connectivity index (χ0n) is 58.2. The van der Waals surface area contributed by atoms with Crippen molar-refractivity contribution in [2.24, 2.45) is 22.2 Å². The molecule has 0 radical (unpaired) electrons. The summed E-state index contributed by atoms with van der Waals surface area (Å²) in [5.41, 5.74) is -3.90. The van der Waals surface area contributed by atoms with E-state index in [1.54, 1.807) is 123 Å². The average molecular weight is 1600 g/mol. The molecular formula is C75H86N8O19Pt. The topological polar surface area (TPSA) is 450 Å². The number of aliphatic hydroxyl groups is 3. The van der Waals surface area contributed by atoms with E-state index in [1.807, 2.05) is 24.3 Å². The molecule has 4 fully saturated rings. The Morgan fingerprint density at radius 3 is 1.92 bits per heavy atom. The van der Waals surface area contributed by atoms with Crippen LogP contribution < -0.4 is 43.8 Å². The number of benzene rings is 4. The van der Waals surface area contributed by atoms with Gasteiger partial charge in [-0.15, -0.1) is 0 Å². The minimum atomic E-state index is -2.39. The molecule has 28 heteroatoms. The third kappa shape index (κ3) is 15.8. The predicted octanol–water partition coefficient (Wildman–Crippen LogP) is 5.76. The second-order valence-corrected chi connectivity index (χ2v) is 27.4. The first kappa shape index (κ1) is 80.7. The van der Waals surface area contributed by atoms with E-state index < -0.39 is 130 Å². The maximum absolute atomic E-state index is 15.5. The summed E-state index contributed by atoms with van der Waals surface area (Å²) < 4.78 is 30.3. The molecule has 13 N–H and O–H groups in total. The van der Waals surface area contributed by atoms with Gasteiger partial charge in [-0.1, -0.05) is 107 Å². The second-order valence-electron chi connectivity index (χ2n) is 27.4. The van der Waals surface area contributed by atoms with Crippen molar-refractivity contribution in [1.29, 1.82) is 0 Å². The molecule has 3 saturated carbocycles. The number of Topliss-reactive ketones (excluding diaryl/α,β-unsaturated/α-hetero) is 1. The minimum absolute atomic E-state index is 0. The number of amides is 2. The Balaban J connectivity index is 0.000000297. The van der Waals surface area contributed by atoms with Crippen LogP contribution >= 0.6 is 0 Å². The summed E-state index contributed by atoms with van der Waals surface area (Å²) in [4.78, 5) is 125. The Morgan fingerprint density at radius 2 is 1.37 bits per heavy atom. The van der Waals surface area contributed by atoms with Gasteiger partial charge in [-0.25, -0.2) is 14.6 Å². The first-order chi connectivity index (χ1) is 47.4. The fourth-order valence-electron chi connectivity index (χ4n) is 14.6. The van der Waals surface area contributed by atoms with E-state index in [9.17, 15) is 63.9 Å². The van der Waals surface area contributed by atoms with Gasteiger partial charge in [-0.05, 0) is 115 Å². The summed E-state index contributed by atoms with van der Waals surface area (Å²) in [7, 11) is 0. The number of aliphatic carboxylic acids is 2. The Labute approximate surface area is 609 Å². The zero-order chi connectivity index (χ0) is 72.3. The Kier molecular flexibility index (Phi) is 25.4. The number of pyridine rings is 2. The molecule has 0 unspecified atom stereocenters. The monoisotopic (exact) mass is 1600 g/mol. The number of nitrogens with one attached hydrogen (secondary N) is 4. The van der Waals surface area contributed by atoms with E-state index in [-0.39, 0.29) is 92.8 Å². The largest absolute Gasteiger partial charge is 2.00 e. The summed E-state index contributed by atoms with van der Waals surface area (Å²) in [5.74, 6) is -9.51. The maximum atomic E-state index is 15.5. The summed E-state index contributed by atoms with van der Waals surface area (Å²) >= 11 is 0. The van der Waals surface area contributed by atoms with Gasteiger partial charge in [0, 0.05) is 91.6 Å². The number of carbonyl (C=O) groups is 9. The Morgan fingerprint density at radius 1 is 0.757 bits per heavy atom. The van der Waals surface area contributed by atoms with Crippen molar-refractivity contribution in [2.45, 2.75) is 153 Å². The number of carbonyl (C=O) groups excluding carboxylic acids is 9. The number of rotatable bonds is 17. The van der Waals surface area contributed by atoms with Gasteiger partial charge >= 0.3 is 44.9 Å². The number of aliphatic hydroxyl groups excluding tert-OH is 2. The molecule has 2 aromatic heterocycles. The number of aromatic nitrogens is 2. The molecule has 1 saturated heterocycles. The quantitative estimate of drug-likeness (QED) is 0.0227. The molecule has 4 heterocycles. The summed E-state index contributed by atoms with van der Waals surface area (Å²) in [6, 6.07) is 36.3. The predicted molar refractivity (Wildman–Crippen MR) is 366 cm³/mol. The third-order valence-electron chi connectivity index (χ3n) is 20.5. The molecule has 550 valence electrons. The van der Waals surface area contributed by atoms with Gasteiger partial charge < -0.3 is 92.4 Å². The average Bonchev–Trinajstić information content (AvgIpc) is 0.937. The molecule has 2 amide bonds. The first-order valence-corrected chi connectivity index (χ1v) is 32.8. The van der Waals surface area contributed by atoms with Gasteiger partial charge in [0.05, 0.1) is 53.2 Å². The van der Waals surface area contributed by atoms with E-state index in [2.05, 4.69) is 51.1 Å². The molecule has 12 rings (SSSR count). The number of hydrogen-bond acceptors (Lipinski definition) is 25. The van der Waals surface area contributed by atoms with Gasteiger partial charge in [-0.2, -0.15) is 0 Å². The smallest absolute Gasteiger partial charge is 0.549 e. The van der Waals surface area contributed by atoms with E-state index >= 15 is 4.79 Å². The molecular weight excluding hydrogens is 1510 g/mol. The molecule has 4 aromatic carbocycles. The number of hydrogen-bond donors (Lipinski definition) is 9. The van der Waals surface area contributed by atoms with Crippen LogP contribution in [0.2, 0.25) is 0 Å². The van der Waals surface area contributed by atoms with Crippen molar-refractivity contribution < 1.29 is 113 Å². The molecule has 6 aliphatic rings. The number of anilines is 3. The van der Waals surface area contributed by atoms with E-state index in [4.69, 9.17) is 23.7 Å². The normalized spacial score (nSPS) is 25.1. The molecule has 11 atom stereocenters. The van der Waals surface area contributed by atoms with Crippen molar-refractivity contribution in [3.8, 4) is 0 Å². The molecule has 6 aromatic rings. The Bertz CT molecular complexity index is 4130. The molecule has 27 nitrogen and oxygen atoms in total. The van der Waals surface area contributed by atoms with Gasteiger partial charge in [0.2, 0.25) is 0 Å². The van der Waals surface area contributed by atoms with E-state index in [0.29, 0.717) is 29.9 Å². The van der Waals surface area contributed by atoms with Crippen molar-refractivity contribution in [3.63, 3.8) is 0 Å². The van der Waals surface area contributed by atoms with Crippen molar-refractivity contribution in [3.05, 3.63) is 197 Å². The number of carboxylic acids is 2. The fourth-order valence-corrected chi connectivity index (χ4v) is 14.6. The number of nitrogens with zero attached hydrogens (tertiary/aromatic N) is 2.